The lowest BCUT2D eigenvalue weighted by atomic mass is 10.1. The van der Waals surface area contributed by atoms with E-state index in [-0.39, 0.29) is 0 Å². The van der Waals surface area contributed by atoms with E-state index < -0.39 is 0 Å². The van der Waals surface area contributed by atoms with E-state index in [1.165, 1.54) is 0 Å². The standard InChI is InChI=1S/C9H14N8/c10-6-1-3-17(4-2-6)9-12-8(14-15-9)7-5-11-16-13-7/h5-6H,1-4,10H2,(H,11,13,16)(H,12,14,15). The van der Waals surface area contributed by atoms with Gasteiger partial charge in [0.15, 0.2) is 5.82 Å². The second kappa shape index (κ2) is 4.13. The first-order chi connectivity index (χ1) is 8.33. The Morgan fingerprint density at radius 1 is 1.29 bits per heavy atom. The lowest BCUT2D eigenvalue weighted by Gasteiger charge is -2.28. The topological polar surface area (TPSA) is 112 Å². The Balaban J connectivity index is 1.76. The van der Waals surface area contributed by atoms with Crippen LogP contribution >= 0.6 is 0 Å². The molecule has 0 saturated carbocycles. The molecule has 90 valence electrons. The molecule has 8 heteroatoms. The van der Waals surface area contributed by atoms with Gasteiger partial charge in [-0.3, -0.25) is 5.10 Å². The summed E-state index contributed by atoms with van der Waals surface area (Å²) in [6, 6.07) is 0.306. The average Bonchev–Trinajstić information content (AvgIpc) is 3.00. The quantitative estimate of drug-likeness (QED) is 0.646. The normalized spacial score (nSPS) is 17.6. The molecule has 1 aliphatic heterocycles. The van der Waals surface area contributed by atoms with Gasteiger partial charge < -0.3 is 10.6 Å². The largest absolute Gasteiger partial charge is 0.339 e. The van der Waals surface area contributed by atoms with E-state index in [0.29, 0.717) is 23.5 Å². The second-order valence-corrected chi connectivity index (χ2v) is 4.16. The number of nitrogens with two attached hydrogens (primary N) is 1. The van der Waals surface area contributed by atoms with Crippen LogP contribution in [0.2, 0.25) is 0 Å². The Bertz CT molecular complexity index is 467. The van der Waals surface area contributed by atoms with Gasteiger partial charge in [0.05, 0.1) is 6.20 Å². The van der Waals surface area contributed by atoms with Crippen molar-refractivity contribution in [2.24, 2.45) is 5.73 Å². The van der Waals surface area contributed by atoms with Crippen LogP contribution in [0, 0.1) is 0 Å². The summed E-state index contributed by atoms with van der Waals surface area (Å²) in [6.45, 7) is 1.80. The average molecular weight is 234 g/mol. The summed E-state index contributed by atoms with van der Waals surface area (Å²) in [6.07, 6.45) is 3.57. The number of nitrogens with zero attached hydrogens (tertiary/aromatic N) is 5. The Morgan fingerprint density at radius 3 is 2.82 bits per heavy atom. The second-order valence-electron chi connectivity index (χ2n) is 4.16. The SMILES string of the molecule is NC1CCN(c2n[nH]c(-c3cn[nH]n3)n2)CC1. The third-order valence-electron chi connectivity index (χ3n) is 2.95. The van der Waals surface area contributed by atoms with Gasteiger partial charge in [-0.2, -0.15) is 20.4 Å². The summed E-state index contributed by atoms with van der Waals surface area (Å²) in [7, 11) is 0. The van der Waals surface area contributed by atoms with Gasteiger partial charge in [-0.05, 0) is 12.8 Å². The van der Waals surface area contributed by atoms with Crippen molar-refractivity contribution in [2.75, 3.05) is 18.0 Å². The molecule has 0 atom stereocenters. The summed E-state index contributed by atoms with van der Waals surface area (Å²) in [5.41, 5.74) is 6.52. The maximum Gasteiger partial charge on any atom is 0.245 e. The van der Waals surface area contributed by atoms with Crippen LogP contribution in [0.25, 0.3) is 11.5 Å². The molecule has 0 aliphatic carbocycles. The van der Waals surface area contributed by atoms with Gasteiger partial charge >= 0.3 is 0 Å². The number of H-pyrrole nitrogens is 2. The van der Waals surface area contributed by atoms with Crippen molar-refractivity contribution in [1.29, 1.82) is 0 Å². The Labute approximate surface area is 97.6 Å². The first-order valence-corrected chi connectivity index (χ1v) is 5.62. The first-order valence-electron chi connectivity index (χ1n) is 5.62. The van der Waals surface area contributed by atoms with E-state index in [9.17, 15) is 0 Å². The number of aromatic amines is 2. The summed E-state index contributed by atoms with van der Waals surface area (Å²) in [4.78, 5) is 6.53. The highest BCUT2D eigenvalue weighted by Crippen LogP contribution is 2.17. The van der Waals surface area contributed by atoms with E-state index in [1.54, 1.807) is 6.20 Å². The van der Waals surface area contributed by atoms with Crippen LogP contribution in [0.4, 0.5) is 5.95 Å². The Hall–Kier alpha value is -1.96. The molecule has 3 rings (SSSR count). The molecule has 0 amide bonds. The molecule has 1 saturated heterocycles. The molecule has 17 heavy (non-hydrogen) atoms. The van der Waals surface area contributed by atoms with Crippen LogP contribution in [-0.2, 0) is 0 Å². The van der Waals surface area contributed by atoms with Gasteiger partial charge in [0.1, 0.15) is 5.69 Å². The number of hydrogen-bond acceptors (Lipinski definition) is 6. The van der Waals surface area contributed by atoms with Crippen LogP contribution < -0.4 is 10.6 Å². The number of nitrogens with one attached hydrogen (secondary N) is 2. The molecule has 1 aliphatic rings. The summed E-state index contributed by atoms with van der Waals surface area (Å²) >= 11 is 0. The van der Waals surface area contributed by atoms with E-state index in [4.69, 9.17) is 5.73 Å². The summed E-state index contributed by atoms with van der Waals surface area (Å²) in [5, 5.41) is 17.3. The molecule has 0 unspecified atom stereocenters. The first kappa shape index (κ1) is 10.2. The molecule has 2 aromatic heterocycles. The van der Waals surface area contributed by atoms with Crippen LogP contribution in [0.3, 0.4) is 0 Å². The van der Waals surface area contributed by atoms with Crippen molar-refractivity contribution < 1.29 is 0 Å². The van der Waals surface area contributed by atoms with Gasteiger partial charge in [-0.1, -0.05) is 0 Å². The molecule has 1 fully saturated rings. The van der Waals surface area contributed by atoms with Crippen molar-refractivity contribution in [1.82, 2.24) is 30.6 Å². The van der Waals surface area contributed by atoms with Crippen molar-refractivity contribution in [3.05, 3.63) is 6.20 Å². The summed E-state index contributed by atoms with van der Waals surface area (Å²) < 4.78 is 0. The van der Waals surface area contributed by atoms with Crippen LogP contribution in [0.1, 0.15) is 12.8 Å². The predicted molar refractivity (Wildman–Crippen MR) is 61.2 cm³/mol. The number of anilines is 1. The zero-order valence-electron chi connectivity index (χ0n) is 9.30. The highest BCUT2D eigenvalue weighted by atomic mass is 15.4. The van der Waals surface area contributed by atoms with Crippen LogP contribution in [0.5, 0.6) is 0 Å². The predicted octanol–water partition coefficient (Wildman–Crippen LogP) is -0.483. The minimum absolute atomic E-state index is 0.306. The minimum Gasteiger partial charge on any atom is -0.339 e. The fourth-order valence-corrected chi connectivity index (χ4v) is 1.92. The van der Waals surface area contributed by atoms with E-state index in [2.05, 4.69) is 35.5 Å². The number of aromatic nitrogens is 6. The molecule has 8 nitrogen and oxygen atoms in total. The van der Waals surface area contributed by atoms with Gasteiger partial charge in [-0.25, -0.2) is 0 Å². The van der Waals surface area contributed by atoms with E-state index in [0.717, 1.165) is 25.9 Å². The maximum atomic E-state index is 5.86. The molecule has 0 radical (unpaired) electrons. The molecule has 0 spiro atoms. The lowest BCUT2D eigenvalue weighted by molar-refractivity contribution is 0.496. The number of rotatable bonds is 2. The molecule has 0 aromatic carbocycles. The molecular formula is C9H14N8. The molecule has 4 N–H and O–H groups in total. The van der Waals surface area contributed by atoms with Crippen molar-refractivity contribution in [3.63, 3.8) is 0 Å². The molecule has 2 aromatic rings. The van der Waals surface area contributed by atoms with Gasteiger partial charge in [0, 0.05) is 19.1 Å². The van der Waals surface area contributed by atoms with Crippen molar-refractivity contribution in [2.45, 2.75) is 18.9 Å². The van der Waals surface area contributed by atoms with Gasteiger partial charge in [0.25, 0.3) is 0 Å². The minimum atomic E-state index is 0.306. The highest BCUT2D eigenvalue weighted by Gasteiger charge is 2.20. The van der Waals surface area contributed by atoms with E-state index in [1.807, 2.05) is 0 Å². The Morgan fingerprint density at radius 2 is 2.12 bits per heavy atom. The molecule has 0 bridgehead atoms. The fourth-order valence-electron chi connectivity index (χ4n) is 1.92. The maximum absolute atomic E-state index is 5.86. The third-order valence-corrected chi connectivity index (χ3v) is 2.95. The molecular weight excluding hydrogens is 220 g/mol. The number of hydrogen-bond donors (Lipinski definition) is 3. The highest BCUT2D eigenvalue weighted by molar-refractivity contribution is 5.49. The van der Waals surface area contributed by atoms with Crippen LogP contribution in [-0.4, -0.2) is 49.7 Å². The monoisotopic (exact) mass is 234 g/mol. The Kier molecular flexibility index (Phi) is 2.48. The zero-order valence-corrected chi connectivity index (χ0v) is 9.30. The van der Waals surface area contributed by atoms with Crippen molar-refractivity contribution in [3.8, 4) is 11.5 Å². The fraction of sp³-hybridized carbons (Fsp3) is 0.556. The lowest BCUT2D eigenvalue weighted by Crippen LogP contribution is -2.40. The van der Waals surface area contributed by atoms with Gasteiger partial charge in [0.2, 0.25) is 5.95 Å². The number of piperidine rings is 1. The molecule has 3 heterocycles. The van der Waals surface area contributed by atoms with Crippen LogP contribution in [0.15, 0.2) is 6.20 Å². The van der Waals surface area contributed by atoms with Crippen molar-refractivity contribution >= 4 is 5.95 Å². The zero-order chi connectivity index (χ0) is 11.7. The van der Waals surface area contributed by atoms with E-state index >= 15 is 0 Å². The smallest absolute Gasteiger partial charge is 0.245 e. The van der Waals surface area contributed by atoms with Gasteiger partial charge in [-0.15, -0.1) is 5.10 Å². The third kappa shape index (κ3) is 1.98. The summed E-state index contributed by atoms with van der Waals surface area (Å²) in [5.74, 6) is 1.33.